The fourth-order valence-electron chi connectivity index (χ4n) is 2.40. The Morgan fingerprint density at radius 2 is 1.95 bits per heavy atom. The van der Waals surface area contributed by atoms with Crippen molar-refractivity contribution in [2.75, 3.05) is 6.54 Å². The van der Waals surface area contributed by atoms with E-state index in [2.05, 4.69) is 65.4 Å². The van der Waals surface area contributed by atoms with E-state index in [0.717, 1.165) is 28.0 Å². The molecule has 0 aliphatic rings. The van der Waals surface area contributed by atoms with E-state index in [-0.39, 0.29) is 6.04 Å². The third-order valence-corrected chi connectivity index (χ3v) is 4.64. The molecule has 2 aromatic rings. The predicted octanol–water partition coefficient (Wildman–Crippen LogP) is 5.30. The summed E-state index contributed by atoms with van der Waals surface area (Å²) in [6.07, 6.45) is 0.936. The Morgan fingerprint density at radius 1 is 1.20 bits per heavy atom. The molecule has 1 nitrogen and oxygen atoms in total. The lowest BCUT2D eigenvalue weighted by molar-refractivity contribution is 0.549. The van der Waals surface area contributed by atoms with Gasteiger partial charge in [-0.2, -0.15) is 0 Å². The zero-order valence-electron chi connectivity index (χ0n) is 11.8. The van der Waals surface area contributed by atoms with Crippen LogP contribution in [0.3, 0.4) is 0 Å². The van der Waals surface area contributed by atoms with Crippen LogP contribution in [0.15, 0.2) is 46.9 Å². The second-order valence-corrected chi connectivity index (χ2v) is 6.18. The zero-order valence-corrected chi connectivity index (χ0v) is 14.1. The van der Waals surface area contributed by atoms with Crippen LogP contribution < -0.4 is 5.32 Å². The van der Waals surface area contributed by atoms with Gasteiger partial charge < -0.3 is 5.32 Å². The largest absolute Gasteiger partial charge is 0.310 e. The van der Waals surface area contributed by atoms with Gasteiger partial charge in [-0.1, -0.05) is 60.5 Å². The molecule has 1 unspecified atom stereocenters. The van der Waals surface area contributed by atoms with Gasteiger partial charge >= 0.3 is 0 Å². The highest BCUT2D eigenvalue weighted by molar-refractivity contribution is 9.10. The highest BCUT2D eigenvalue weighted by atomic mass is 79.9. The maximum Gasteiger partial charge on any atom is 0.0595 e. The fraction of sp³-hybridized carbons (Fsp3) is 0.294. The molecule has 0 fully saturated rings. The zero-order chi connectivity index (χ0) is 14.5. The molecular weight excluding hydrogens is 334 g/mol. The van der Waals surface area contributed by atoms with E-state index in [0.29, 0.717) is 0 Å². The standard InChI is InChI=1S/C17H19BrClN/c1-3-20-16(11-13-7-4-6-12(2)10-13)14-8-5-9-15(18)17(14)19/h4-10,16,20H,3,11H2,1-2H3. The monoisotopic (exact) mass is 351 g/mol. The van der Waals surface area contributed by atoms with Gasteiger partial charge in [-0.3, -0.25) is 0 Å². The molecule has 2 rings (SSSR count). The van der Waals surface area contributed by atoms with Crippen LogP contribution in [0.1, 0.15) is 29.7 Å². The SMILES string of the molecule is CCNC(Cc1cccc(C)c1)c1cccc(Br)c1Cl. The lowest BCUT2D eigenvalue weighted by atomic mass is 9.98. The minimum Gasteiger partial charge on any atom is -0.310 e. The summed E-state index contributed by atoms with van der Waals surface area (Å²) in [6, 6.07) is 15.0. The summed E-state index contributed by atoms with van der Waals surface area (Å²) in [5.41, 5.74) is 3.76. The van der Waals surface area contributed by atoms with Crippen molar-refractivity contribution in [2.45, 2.75) is 26.3 Å². The van der Waals surface area contributed by atoms with Gasteiger partial charge in [0, 0.05) is 10.5 Å². The summed E-state index contributed by atoms with van der Waals surface area (Å²) in [4.78, 5) is 0. The number of likely N-dealkylation sites (N-methyl/N-ethyl adjacent to an activating group) is 1. The van der Waals surface area contributed by atoms with Crippen LogP contribution in [0, 0.1) is 6.92 Å². The van der Waals surface area contributed by atoms with E-state index in [4.69, 9.17) is 11.6 Å². The molecule has 1 atom stereocenters. The third kappa shape index (κ3) is 3.85. The van der Waals surface area contributed by atoms with Gasteiger partial charge in [0.1, 0.15) is 0 Å². The molecule has 3 heteroatoms. The molecule has 0 spiro atoms. The van der Waals surface area contributed by atoms with Gasteiger partial charge in [0.15, 0.2) is 0 Å². The lowest BCUT2D eigenvalue weighted by Gasteiger charge is -2.20. The van der Waals surface area contributed by atoms with Gasteiger partial charge in [0.25, 0.3) is 0 Å². The number of hydrogen-bond donors (Lipinski definition) is 1. The van der Waals surface area contributed by atoms with E-state index in [9.17, 15) is 0 Å². The average Bonchev–Trinajstić information content (AvgIpc) is 2.42. The number of rotatable bonds is 5. The Labute approximate surface area is 134 Å². The van der Waals surface area contributed by atoms with E-state index < -0.39 is 0 Å². The smallest absolute Gasteiger partial charge is 0.0595 e. The molecule has 0 amide bonds. The van der Waals surface area contributed by atoms with Crippen LogP contribution in [0.4, 0.5) is 0 Å². The fourth-order valence-corrected chi connectivity index (χ4v) is 3.04. The molecule has 0 aliphatic carbocycles. The highest BCUT2D eigenvalue weighted by Gasteiger charge is 2.15. The average molecular weight is 353 g/mol. The molecule has 0 saturated heterocycles. The summed E-state index contributed by atoms with van der Waals surface area (Å²) in [6.45, 7) is 5.16. The van der Waals surface area contributed by atoms with Gasteiger partial charge in [-0.15, -0.1) is 0 Å². The first-order valence-corrected chi connectivity index (χ1v) is 8.01. The minimum absolute atomic E-state index is 0.229. The quantitative estimate of drug-likeness (QED) is 0.769. The van der Waals surface area contributed by atoms with Crippen molar-refractivity contribution in [1.82, 2.24) is 5.32 Å². The van der Waals surface area contributed by atoms with Crippen molar-refractivity contribution in [2.24, 2.45) is 0 Å². The number of nitrogens with one attached hydrogen (secondary N) is 1. The summed E-state index contributed by atoms with van der Waals surface area (Å²) in [5, 5.41) is 4.33. The van der Waals surface area contributed by atoms with Crippen molar-refractivity contribution in [1.29, 1.82) is 0 Å². The van der Waals surface area contributed by atoms with Crippen LogP contribution in [0.2, 0.25) is 5.02 Å². The molecule has 106 valence electrons. The normalized spacial score (nSPS) is 12.4. The van der Waals surface area contributed by atoms with Gasteiger partial charge in [-0.25, -0.2) is 0 Å². The van der Waals surface area contributed by atoms with Crippen molar-refractivity contribution < 1.29 is 0 Å². The van der Waals surface area contributed by atoms with Gasteiger partial charge in [-0.05, 0) is 53.0 Å². The predicted molar refractivity (Wildman–Crippen MR) is 90.5 cm³/mol. The summed E-state index contributed by atoms with van der Waals surface area (Å²) in [5.74, 6) is 0. The molecule has 2 aromatic carbocycles. The van der Waals surface area contributed by atoms with E-state index in [1.165, 1.54) is 11.1 Å². The second-order valence-electron chi connectivity index (χ2n) is 4.95. The first-order chi connectivity index (χ1) is 9.61. The summed E-state index contributed by atoms with van der Waals surface area (Å²) >= 11 is 9.94. The van der Waals surface area contributed by atoms with Crippen molar-refractivity contribution in [3.8, 4) is 0 Å². The van der Waals surface area contributed by atoms with Crippen molar-refractivity contribution in [3.63, 3.8) is 0 Å². The van der Waals surface area contributed by atoms with E-state index in [1.807, 2.05) is 12.1 Å². The molecule has 0 aliphatic heterocycles. The number of hydrogen-bond acceptors (Lipinski definition) is 1. The second kappa shape index (κ2) is 7.26. The van der Waals surface area contributed by atoms with Crippen LogP contribution >= 0.6 is 27.5 Å². The topological polar surface area (TPSA) is 12.0 Å². The highest BCUT2D eigenvalue weighted by Crippen LogP contribution is 2.31. The van der Waals surface area contributed by atoms with Gasteiger partial charge in [0.05, 0.1) is 5.02 Å². The number of aryl methyl sites for hydroxylation is 1. The van der Waals surface area contributed by atoms with Crippen LogP contribution in [-0.2, 0) is 6.42 Å². The number of halogens is 2. The van der Waals surface area contributed by atoms with Crippen LogP contribution in [-0.4, -0.2) is 6.54 Å². The molecule has 0 saturated carbocycles. The van der Waals surface area contributed by atoms with Crippen molar-refractivity contribution >= 4 is 27.5 Å². The minimum atomic E-state index is 0.229. The molecule has 0 bridgehead atoms. The first-order valence-electron chi connectivity index (χ1n) is 6.84. The Hall–Kier alpha value is -0.830. The lowest BCUT2D eigenvalue weighted by Crippen LogP contribution is -2.23. The van der Waals surface area contributed by atoms with E-state index >= 15 is 0 Å². The Kier molecular flexibility index (Phi) is 5.64. The van der Waals surface area contributed by atoms with Gasteiger partial charge in [0.2, 0.25) is 0 Å². The Morgan fingerprint density at radius 3 is 2.65 bits per heavy atom. The molecular formula is C17H19BrClN. The summed E-state index contributed by atoms with van der Waals surface area (Å²) in [7, 11) is 0. The summed E-state index contributed by atoms with van der Waals surface area (Å²) < 4.78 is 0.948. The number of benzene rings is 2. The van der Waals surface area contributed by atoms with Crippen molar-refractivity contribution in [3.05, 3.63) is 68.7 Å². The molecule has 20 heavy (non-hydrogen) atoms. The molecule has 0 heterocycles. The first kappa shape index (κ1) is 15.6. The maximum absolute atomic E-state index is 6.43. The third-order valence-electron chi connectivity index (χ3n) is 3.33. The Bertz CT molecular complexity index is 583. The molecule has 0 aromatic heterocycles. The maximum atomic E-state index is 6.43. The molecule has 0 radical (unpaired) electrons. The van der Waals surface area contributed by atoms with Crippen LogP contribution in [0.5, 0.6) is 0 Å². The molecule has 1 N–H and O–H groups in total. The van der Waals surface area contributed by atoms with E-state index in [1.54, 1.807) is 0 Å². The Balaban J connectivity index is 2.29. The van der Waals surface area contributed by atoms with Crippen LogP contribution in [0.25, 0.3) is 0 Å².